The van der Waals surface area contributed by atoms with Crippen molar-refractivity contribution in [3.63, 3.8) is 0 Å². The summed E-state index contributed by atoms with van der Waals surface area (Å²) in [5, 5.41) is 11.1. The van der Waals surface area contributed by atoms with Gasteiger partial charge >= 0.3 is 0 Å². The van der Waals surface area contributed by atoms with Crippen molar-refractivity contribution in [3.8, 4) is 5.75 Å². The van der Waals surface area contributed by atoms with Crippen LogP contribution in [0.15, 0.2) is 12.1 Å². The van der Waals surface area contributed by atoms with Gasteiger partial charge in [0.2, 0.25) is 0 Å². The second kappa shape index (κ2) is 9.13. The first-order valence-corrected chi connectivity index (χ1v) is 11.2. The molecule has 0 unspecified atom stereocenters. The summed E-state index contributed by atoms with van der Waals surface area (Å²) in [5.74, 6) is 2.21. The van der Waals surface area contributed by atoms with Crippen LogP contribution in [0.25, 0.3) is 0 Å². The molecular formula is C23H34ClFO2. The molecule has 0 atom stereocenters. The molecule has 4 heteroatoms. The Morgan fingerprint density at radius 2 is 1.70 bits per heavy atom. The molecule has 3 rings (SSSR count). The SMILES string of the molecule is CCCC1CCC(C2CCC(O)(c3ccc(OCC)c(Cl)c3F)CC2)CC1. The van der Waals surface area contributed by atoms with E-state index in [-0.39, 0.29) is 5.02 Å². The van der Waals surface area contributed by atoms with Crippen molar-refractivity contribution in [2.45, 2.75) is 83.7 Å². The lowest BCUT2D eigenvalue weighted by atomic mass is 9.66. The Morgan fingerprint density at radius 3 is 2.30 bits per heavy atom. The third-order valence-corrected chi connectivity index (χ3v) is 7.31. The van der Waals surface area contributed by atoms with E-state index >= 15 is 0 Å². The average Bonchev–Trinajstić information content (AvgIpc) is 2.67. The topological polar surface area (TPSA) is 29.5 Å². The Balaban J connectivity index is 1.62. The van der Waals surface area contributed by atoms with E-state index in [0.29, 0.717) is 36.7 Å². The van der Waals surface area contributed by atoms with Crippen molar-refractivity contribution in [1.82, 2.24) is 0 Å². The maximum absolute atomic E-state index is 14.8. The van der Waals surface area contributed by atoms with E-state index in [1.807, 2.05) is 6.92 Å². The standard InChI is InChI=1S/C23H34ClFO2/c1-3-5-16-6-8-17(9-7-16)18-12-14-23(26,15-13-18)19-10-11-20(27-4-2)21(24)22(19)25/h10-11,16-18,26H,3-9,12-15H2,1-2H3. The van der Waals surface area contributed by atoms with Gasteiger partial charge in [-0.3, -0.25) is 0 Å². The van der Waals surface area contributed by atoms with E-state index in [1.165, 1.54) is 38.5 Å². The van der Waals surface area contributed by atoms with Crippen molar-refractivity contribution in [2.24, 2.45) is 17.8 Å². The number of aliphatic hydroxyl groups is 1. The summed E-state index contributed by atoms with van der Waals surface area (Å²) in [6, 6.07) is 3.34. The third-order valence-electron chi connectivity index (χ3n) is 6.96. The Kier molecular flexibility index (Phi) is 7.08. The van der Waals surface area contributed by atoms with Crippen molar-refractivity contribution < 1.29 is 14.2 Å². The van der Waals surface area contributed by atoms with Crippen LogP contribution in [-0.4, -0.2) is 11.7 Å². The molecule has 0 amide bonds. The van der Waals surface area contributed by atoms with Crippen molar-refractivity contribution in [3.05, 3.63) is 28.5 Å². The normalized spacial score (nSPS) is 31.7. The highest BCUT2D eigenvalue weighted by Gasteiger charge is 2.40. The van der Waals surface area contributed by atoms with E-state index in [9.17, 15) is 9.50 Å². The van der Waals surface area contributed by atoms with Crippen LogP contribution in [0.5, 0.6) is 5.75 Å². The average molecular weight is 397 g/mol. The van der Waals surface area contributed by atoms with Crippen LogP contribution in [0.4, 0.5) is 4.39 Å². The van der Waals surface area contributed by atoms with Crippen molar-refractivity contribution in [2.75, 3.05) is 6.61 Å². The molecule has 152 valence electrons. The first-order chi connectivity index (χ1) is 13.0. The Bertz CT molecular complexity index is 617. The molecule has 2 saturated carbocycles. The summed E-state index contributed by atoms with van der Waals surface area (Å²) < 4.78 is 20.2. The Hall–Kier alpha value is -0.800. The maximum Gasteiger partial charge on any atom is 0.151 e. The molecule has 1 aromatic rings. The van der Waals surface area contributed by atoms with Gasteiger partial charge in [0.15, 0.2) is 5.82 Å². The zero-order chi connectivity index (χ0) is 19.4. The van der Waals surface area contributed by atoms with Crippen molar-refractivity contribution >= 4 is 11.6 Å². The Morgan fingerprint density at radius 1 is 1.07 bits per heavy atom. The predicted molar refractivity (Wildman–Crippen MR) is 109 cm³/mol. The minimum atomic E-state index is -1.10. The fraction of sp³-hybridized carbons (Fsp3) is 0.739. The van der Waals surface area contributed by atoms with Crippen LogP contribution in [-0.2, 0) is 5.60 Å². The molecule has 1 N–H and O–H groups in total. The molecule has 0 radical (unpaired) electrons. The number of ether oxygens (including phenoxy) is 1. The van der Waals surface area contributed by atoms with Gasteiger partial charge in [-0.1, -0.05) is 44.2 Å². The second-order valence-corrected chi connectivity index (χ2v) is 8.99. The van der Waals surface area contributed by atoms with Crippen LogP contribution in [0.2, 0.25) is 5.02 Å². The van der Waals surface area contributed by atoms with Crippen LogP contribution >= 0.6 is 11.6 Å². The lowest BCUT2D eigenvalue weighted by Gasteiger charge is -2.41. The van der Waals surface area contributed by atoms with E-state index < -0.39 is 11.4 Å². The molecule has 2 aliphatic carbocycles. The minimum absolute atomic E-state index is 0.0147. The molecule has 1 aromatic carbocycles. The van der Waals surface area contributed by atoms with Crippen LogP contribution in [0, 0.1) is 23.6 Å². The summed E-state index contributed by atoms with van der Waals surface area (Å²) in [7, 11) is 0. The van der Waals surface area contributed by atoms with E-state index in [2.05, 4.69) is 6.92 Å². The maximum atomic E-state index is 14.8. The fourth-order valence-electron chi connectivity index (χ4n) is 5.37. The van der Waals surface area contributed by atoms with Gasteiger partial charge in [-0.25, -0.2) is 4.39 Å². The van der Waals surface area contributed by atoms with E-state index in [4.69, 9.17) is 16.3 Å². The van der Waals surface area contributed by atoms with Gasteiger partial charge in [0, 0.05) is 5.56 Å². The molecule has 2 nitrogen and oxygen atoms in total. The molecule has 0 aromatic heterocycles. The first-order valence-electron chi connectivity index (χ1n) is 10.8. The largest absolute Gasteiger partial charge is 0.492 e. The molecule has 2 aliphatic rings. The van der Waals surface area contributed by atoms with Gasteiger partial charge in [-0.2, -0.15) is 0 Å². The summed E-state index contributed by atoms with van der Waals surface area (Å²) in [6.45, 7) is 4.55. The number of hydrogen-bond donors (Lipinski definition) is 1. The van der Waals surface area contributed by atoms with Crippen molar-refractivity contribution in [1.29, 1.82) is 0 Å². The van der Waals surface area contributed by atoms with Crippen LogP contribution in [0.1, 0.15) is 83.6 Å². The number of rotatable bonds is 6. The number of hydrogen-bond acceptors (Lipinski definition) is 2. The Labute approximate surface area is 168 Å². The fourth-order valence-corrected chi connectivity index (χ4v) is 5.59. The smallest absolute Gasteiger partial charge is 0.151 e. The molecule has 0 spiro atoms. The molecule has 2 fully saturated rings. The van der Waals surface area contributed by atoms with Crippen LogP contribution in [0.3, 0.4) is 0 Å². The lowest BCUT2D eigenvalue weighted by Crippen LogP contribution is -2.35. The molecule has 0 bridgehead atoms. The zero-order valence-corrected chi connectivity index (χ0v) is 17.5. The van der Waals surface area contributed by atoms with E-state index in [0.717, 1.165) is 24.7 Å². The summed E-state index contributed by atoms with van der Waals surface area (Å²) in [4.78, 5) is 0. The first kappa shape index (κ1) is 20.9. The lowest BCUT2D eigenvalue weighted by molar-refractivity contribution is -0.0286. The summed E-state index contributed by atoms with van der Waals surface area (Å²) in [5.41, 5.74) is -0.768. The highest BCUT2D eigenvalue weighted by atomic mass is 35.5. The van der Waals surface area contributed by atoms with Gasteiger partial charge in [-0.15, -0.1) is 0 Å². The molecule has 27 heavy (non-hydrogen) atoms. The minimum Gasteiger partial charge on any atom is -0.492 e. The van der Waals surface area contributed by atoms with Gasteiger partial charge in [-0.05, 0) is 75.3 Å². The molecule has 0 heterocycles. The number of halogens is 2. The van der Waals surface area contributed by atoms with Crippen LogP contribution < -0.4 is 4.74 Å². The number of benzene rings is 1. The summed E-state index contributed by atoms with van der Waals surface area (Å²) in [6.07, 6.45) is 11.2. The van der Waals surface area contributed by atoms with Gasteiger partial charge in [0.25, 0.3) is 0 Å². The van der Waals surface area contributed by atoms with Gasteiger partial charge in [0.1, 0.15) is 10.8 Å². The van der Waals surface area contributed by atoms with E-state index in [1.54, 1.807) is 12.1 Å². The monoisotopic (exact) mass is 396 g/mol. The molecular weight excluding hydrogens is 363 g/mol. The van der Waals surface area contributed by atoms with Gasteiger partial charge in [0.05, 0.1) is 12.2 Å². The highest BCUT2D eigenvalue weighted by molar-refractivity contribution is 6.32. The third kappa shape index (κ3) is 4.62. The quantitative estimate of drug-likeness (QED) is 0.568. The molecule has 0 saturated heterocycles. The zero-order valence-electron chi connectivity index (χ0n) is 16.8. The molecule has 0 aliphatic heterocycles. The second-order valence-electron chi connectivity index (χ2n) is 8.61. The summed E-state index contributed by atoms with van der Waals surface area (Å²) >= 11 is 6.14. The van der Waals surface area contributed by atoms with Gasteiger partial charge < -0.3 is 9.84 Å². The predicted octanol–water partition coefficient (Wildman–Crippen LogP) is 6.86. The highest BCUT2D eigenvalue weighted by Crippen LogP contribution is 2.47.